The van der Waals surface area contributed by atoms with Gasteiger partial charge in [0.1, 0.15) is 17.4 Å². The van der Waals surface area contributed by atoms with Crippen molar-refractivity contribution >= 4 is 40.7 Å². The van der Waals surface area contributed by atoms with Crippen molar-refractivity contribution in [2.75, 3.05) is 22.5 Å². The Morgan fingerprint density at radius 3 is 2.34 bits per heavy atom. The van der Waals surface area contributed by atoms with E-state index in [4.69, 9.17) is 21.6 Å². The zero-order valence-corrected chi connectivity index (χ0v) is 22.7. The van der Waals surface area contributed by atoms with E-state index in [0.717, 1.165) is 6.07 Å². The number of ether oxygens (including phenoxy) is 1. The third-order valence-electron chi connectivity index (χ3n) is 5.87. The number of benzene rings is 3. The highest BCUT2D eigenvalue weighted by atomic mass is 19.1. The normalized spacial score (nSPS) is 10.7. The van der Waals surface area contributed by atoms with Crippen molar-refractivity contribution in [3.05, 3.63) is 82.7 Å². The predicted molar refractivity (Wildman–Crippen MR) is 155 cm³/mol. The van der Waals surface area contributed by atoms with Crippen LogP contribution in [-0.2, 0) is 22.6 Å². The van der Waals surface area contributed by atoms with E-state index < -0.39 is 23.6 Å². The topological polar surface area (TPSA) is 193 Å². The van der Waals surface area contributed by atoms with Gasteiger partial charge in [-0.15, -0.1) is 0 Å². The van der Waals surface area contributed by atoms with Crippen LogP contribution >= 0.6 is 0 Å². The van der Waals surface area contributed by atoms with Gasteiger partial charge in [0.2, 0.25) is 5.91 Å². The van der Waals surface area contributed by atoms with Crippen molar-refractivity contribution in [1.82, 2.24) is 0 Å². The fourth-order valence-electron chi connectivity index (χ4n) is 4.00. The van der Waals surface area contributed by atoms with E-state index in [1.807, 2.05) is 13.8 Å². The van der Waals surface area contributed by atoms with Gasteiger partial charge >= 0.3 is 5.97 Å². The van der Waals surface area contributed by atoms with E-state index in [0.29, 0.717) is 39.5 Å². The van der Waals surface area contributed by atoms with Crippen LogP contribution in [0.25, 0.3) is 0 Å². The van der Waals surface area contributed by atoms with Crippen molar-refractivity contribution in [2.24, 2.45) is 11.5 Å². The number of aliphatic carboxylic acids is 1. The number of halogens is 1. The van der Waals surface area contributed by atoms with Crippen LogP contribution in [0, 0.1) is 11.2 Å². The molecule has 12 heteroatoms. The number of nitrogens with two attached hydrogens (primary N) is 2. The first-order valence-electron chi connectivity index (χ1n) is 12.8. The molecule has 3 aromatic carbocycles. The molecule has 0 atom stereocenters. The van der Waals surface area contributed by atoms with Gasteiger partial charge in [-0.05, 0) is 79.9 Å². The lowest BCUT2D eigenvalue weighted by molar-refractivity contribution is -0.137. The summed E-state index contributed by atoms with van der Waals surface area (Å²) in [6.45, 7) is 3.50. The van der Waals surface area contributed by atoms with E-state index >= 15 is 0 Å². The van der Waals surface area contributed by atoms with Crippen LogP contribution in [0.15, 0.2) is 54.6 Å². The Balaban J connectivity index is 1.94. The highest BCUT2D eigenvalue weighted by molar-refractivity contribution is 6.08. The number of anilines is 3. The Labute approximate surface area is 236 Å². The molecule has 0 spiro atoms. The summed E-state index contributed by atoms with van der Waals surface area (Å²) in [6, 6.07) is 13.3. The molecule has 0 fully saturated rings. The third kappa shape index (κ3) is 8.77. The molecular weight excluding hydrogens is 531 g/mol. The summed E-state index contributed by atoms with van der Waals surface area (Å²) in [4.78, 5) is 36.5. The Kier molecular flexibility index (Phi) is 10.4. The van der Waals surface area contributed by atoms with Crippen LogP contribution < -0.4 is 32.2 Å². The van der Waals surface area contributed by atoms with Gasteiger partial charge in [-0.3, -0.25) is 19.8 Å². The Bertz CT molecular complexity index is 1440. The number of amides is 2. The third-order valence-corrected chi connectivity index (χ3v) is 5.87. The molecule has 0 unspecified atom stereocenters. The Morgan fingerprint density at radius 1 is 1.02 bits per heavy atom. The average molecular weight is 565 g/mol. The molecule has 0 saturated carbocycles. The zero-order chi connectivity index (χ0) is 30.1. The Hall–Kier alpha value is -4.97. The average Bonchev–Trinajstić information content (AvgIpc) is 2.91. The summed E-state index contributed by atoms with van der Waals surface area (Å²) in [5.41, 5.74) is 13.8. The SMILES string of the molecule is CC(C)Oc1cc(NC(=O)CN)cc(CNc2ccc(F)cc2C(=O)Nc2ccc(C(=N)N)cc2)c1CCC(=O)O. The molecule has 11 nitrogen and oxygen atoms in total. The molecular formula is C29H33FN6O5. The first-order valence-corrected chi connectivity index (χ1v) is 12.8. The van der Waals surface area contributed by atoms with Crippen LogP contribution in [-0.4, -0.2) is 41.4 Å². The molecule has 0 radical (unpaired) electrons. The van der Waals surface area contributed by atoms with Gasteiger partial charge in [0.25, 0.3) is 5.91 Å². The van der Waals surface area contributed by atoms with E-state index in [9.17, 15) is 23.9 Å². The number of nitrogen functional groups attached to an aromatic ring is 1. The first kappa shape index (κ1) is 30.6. The summed E-state index contributed by atoms with van der Waals surface area (Å²) < 4.78 is 20.2. The monoisotopic (exact) mass is 564 g/mol. The number of nitrogens with one attached hydrogen (secondary N) is 4. The van der Waals surface area contributed by atoms with Gasteiger partial charge in [0.05, 0.1) is 18.2 Å². The van der Waals surface area contributed by atoms with Crippen LogP contribution in [0.5, 0.6) is 5.75 Å². The molecule has 0 saturated heterocycles. The molecule has 9 N–H and O–H groups in total. The molecule has 2 amide bonds. The van der Waals surface area contributed by atoms with Gasteiger partial charge in [0.15, 0.2) is 0 Å². The van der Waals surface area contributed by atoms with Gasteiger partial charge < -0.3 is 37.3 Å². The van der Waals surface area contributed by atoms with E-state index in [-0.39, 0.29) is 43.4 Å². The minimum atomic E-state index is -0.992. The number of carbonyl (C=O) groups is 3. The number of hydrogen-bond donors (Lipinski definition) is 7. The summed E-state index contributed by atoms with van der Waals surface area (Å²) >= 11 is 0. The molecule has 3 rings (SSSR count). The summed E-state index contributed by atoms with van der Waals surface area (Å²) in [7, 11) is 0. The molecule has 0 heterocycles. The van der Waals surface area contributed by atoms with E-state index in [1.165, 1.54) is 12.1 Å². The molecule has 0 aliphatic rings. The number of carboxylic acids is 1. The quantitative estimate of drug-likeness (QED) is 0.121. The van der Waals surface area contributed by atoms with Crippen LogP contribution in [0.3, 0.4) is 0 Å². The van der Waals surface area contributed by atoms with E-state index in [2.05, 4.69) is 16.0 Å². The number of hydrogen-bond acceptors (Lipinski definition) is 7. The molecule has 216 valence electrons. The minimum absolute atomic E-state index is 0.0268. The number of amidine groups is 1. The van der Waals surface area contributed by atoms with Crippen LogP contribution in [0.2, 0.25) is 0 Å². The van der Waals surface area contributed by atoms with Crippen molar-refractivity contribution in [3.63, 3.8) is 0 Å². The molecule has 3 aromatic rings. The number of rotatable bonds is 13. The second-order valence-electron chi connectivity index (χ2n) is 9.41. The lowest BCUT2D eigenvalue weighted by Gasteiger charge is -2.21. The number of carbonyl (C=O) groups excluding carboxylic acids is 2. The molecule has 0 bridgehead atoms. The Morgan fingerprint density at radius 2 is 1.73 bits per heavy atom. The lowest BCUT2D eigenvalue weighted by atomic mass is 9.99. The summed E-state index contributed by atoms with van der Waals surface area (Å²) in [5, 5.41) is 25.3. The fraction of sp³-hybridized carbons (Fsp3) is 0.241. The molecule has 0 aromatic heterocycles. The maximum atomic E-state index is 14.2. The molecule has 0 aliphatic heterocycles. The van der Waals surface area contributed by atoms with Gasteiger partial charge in [-0.1, -0.05) is 0 Å². The van der Waals surface area contributed by atoms with E-state index in [1.54, 1.807) is 36.4 Å². The lowest BCUT2D eigenvalue weighted by Crippen LogP contribution is -2.22. The van der Waals surface area contributed by atoms with Gasteiger partial charge in [-0.2, -0.15) is 0 Å². The zero-order valence-electron chi connectivity index (χ0n) is 22.7. The maximum Gasteiger partial charge on any atom is 0.303 e. The van der Waals surface area contributed by atoms with Crippen molar-refractivity contribution < 1.29 is 28.6 Å². The number of carboxylic acid groups (broad SMARTS) is 1. The highest BCUT2D eigenvalue weighted by Crippen LogP contribution is 2.31. The smallest absolute Gasteiger partial charge is 0.303 e. The van der Waals surface area contributed by atoms with Crippen LogP contribution in [0.4, 0.5) is 21.5 Å². The fourth-order valence-corrected chi connectivity index (χ4v) is 4.00. The second kappa shape index (κ2) is 13.9. The summed E-state index contributed by atoms with van der Waals surface area (Å²) in [5.74, 6) is -2.33. The molecule has 0 aliphatic carbocycles. The second-order valence-corrected chi connectivity index (χ2v) is 9.41. The van der Waals surface area contributed by atoms with Crippen molar-refractivity contribution in [2.45, 2.75) is 39.3 Å². The largest absolute Gasteiger partial charge is 0.491 e. The highest BCUT2D eigenvalue weighted by Gasteiger charge is 2.18. The minimum Gasteiger partial charge on any atom is -0.491 e. The van der Waals surface area contributed by atoms with Crippen molar-refractivity contribution in [1.29, 1.82) is 5.41 Å². The summed E-state index contributed by atoms with van der Waals surface area (Å²) in [6.07, 6.45) is -0.258. The van der Waals surface area contributed by atoms with Crippen LogP contribution in [0.1, 0.15) is 47.3 Å². The standard InChI is InChI=1S/C29H33FN6O5/c1-16(2)41-25-13-21(35-26(37)14-31)11-18(22(25)8-10-27(38)39)15-34-24-9-5-19(30)12-23(24)29(40)36-20-6-3-17(4-7-20)28(32)33/h3-7,9,11-13,16,34H,8,10,14-15,31H2,1-2H3,(H3,32,33)(H,35,37)(H,36,40)(H,38,39). The van der Waals surface area contributed by atoms with Gasteiger partial charge in [0, 0.05) is 41.7 Å². The van der Waals surface area contributed by atoms with Gasteiger partial charge in [-0.25, -0.2) is 4.39 Å². The maximum absolute atomic E-state index is 14.2. The first-order chi connectivity index (χ1) is 19.5. The van der Waals surface area contributed by atoms with Crippen molar-refractivity contribution in [3.8, 4) is 5.75 Å². The molecule has 41 heavy (non-hydrogen) atoms. The predicted octanol–water partition coefficient (Wildman–Crippen LogP) is 3.68.